The molecule has 0 spiro atoms. The lowest BCUT2D eigenvalue weighted by Gasteiger charge is -2.15. The van der Waals surface area contributed by atoms with Gasteiger partial charge in [-0.05, 0) is 5.56 Å². The van der Waals surface area contributed by atoms with Crippen LogP contribution in [0, 0.1) is 0 Å². The molecule has 0 N–H and O–H groups in total. The summed E-state index contributed by atoms with van der Waals surface area (Å²) in [6, 6.07) is 9.62. The lowest BCUT2D eigenvalue weighted by Crippen LogP contribution is -2.19. The van der Waals surface area contributed by atoms with E-state index in [0.717, 1.165) is 5.56 Å². The van der Waals surface area contributed by atoms with Gasteiger partial charge in [-0.1, -0.05) is 30.3 Å². The van der Waals surface area contributed by atoms with Crippen LogP contribution in [0.25, 0.3) is 0 Å². The second-order valence-corrected chi connectivity index (χ2v) is 3.75. The SMILES string of the molecule is COC(=O)C(Cn1ccnc1)c1ccccc1. The summed E-state index contributed by atoms with van der Waals surface area (Å²) in [7, 11) is 1.41. The standard InChI is InChI=1S/C13H14N2O2/c1-17-13(16)12(9-15-8-7-14-10-15)11-5-3-2-4-6-11/h2-8,10,12H,9H2,1H3. The molecule has 0 aliphatic rings. The van der Waals surface area contributed by atoms with Crippen LogP contribution >= 0.6 is 0 Å². The van der Waals surface area contributed by atoms with Crippen molar-refractivity contribution in [1.82, 2.24) is 9.55 Å². The van der Waals surface area contributed by atoms with Crippen molar-refractivity contribution in [1.29, 1.82) is 0 Å². The summed E-state index contributed by atoms with van der Waals surface area (Å²) in [6.45, 7) is 0.538. The molecule has 1 unspecified atom stereocenters. The van der Waals surface area contributed by atoms with Crippen LogP contribution in [-0.4, -0.2) is 22.6 Å². The van der Waals surface area contributed by atoms with Crippen LogP contribution in [0.2, 0.25) is 0 Å². The van der Waals surface area contributed by atoms with Crippen LogP contribution in [0.5, 0.6) is 0 Å². The van der Waals surface area contributed by atoms with E-state index in [-0.39, 0.29) is 11.9 Å². The molecule has 1 aromatic carbocycles. The second kappa shape index (κ2) is 5.30. The van der Waals surface area contributed by atoms with E-state index in [2.05, 4.69) is 4.98 Å². The Bertz CT molecular complexity index is 465. The molecule has 88 valence electrons. The number of carbonyl (C=O) groups excluding carboxylic acids is 1. The fraction of sp³-hybridized carbons (Fsp3) is 0.231. The summed E-state index contributed by atoms with van der Waals surface area (Å²) < 4.78 is 6.71. The van der Waals surface area contributed by atoms with Gasteiger partial charge in [-0.25, -0.2) is 4.98 Å². The zero-order valence-electron chi connectivity index (χ0n) is 9.61. The lowest BCUT2D eigenvalue weighted by atomic mass is 9.99. The molecule has 0 saturated carbocycles. The van der Waals surface area contributed by atoms with Gasteiger partial charge >= 0.3 is 5.97 Å². The number of ether oxygens (including phenoxy) is 1. The van der Waals surface area contributed by atoms with Crippen molar-refractivity contribution in [3.8, 4) is 0 Å². The first-order valence-corrected chi connectivity index (χ1v) is 5.40. The Balaban J connectivity index is 2.23. The average molecular weight is 230 g/mol. The zero-order chi connectivity index (χ0) is 12.1. The van der Waals surface area contributed by atoms with Crippen molar-refractivity contribution in [2.75, 3.05) is 7.11 Å². The van der Waals surface area contributed by atoms with Crippen molar-refractivity contribution in [3.63, 3.8) is 0 Å². The number of benzene rings is 1. The number of carbonyl (C=O) groups is 1. The van der Waals surface area contributed by atoms with Gasteiger partial charge in [-0.2, -0.15) is 0 Å². The van der Waals surface area contributed by atoms with E-state index < -0.39 is 0 Å². The third-order valence-corrected chi connectivity index (χ3v) is 2.64. The molecule has 0 amide bonds. The zero-order valence-corrected chi connectivity index (χ0v) is 9.61. The number of esters is 1. The Hall–Kier alpha value is -2.10. The Morgan fingerprint density at radius 2 is 2.18 bits per heavy atom. The number of methoxy groups -OCH3 is 1. The maximum absolute atomic E-state index is 11.8. The average Bonchev–Trinajstić information content (AvgIpc) is 2.89. The second-order valence-electron chi connectivity index (χ2n) is 3.75. The van der Waals surface area contributed by atoms with Crippen LogP contribution in [0.15, 0.2) is 49.1 Å². The van der Waals surface area contributed by atoms with E-state index in [9.17, 15) is 4.79 Å². The van der Waals surface area contributed by atoms with Crippen molar-refractivity contribution < 1.29 is 9.53 Å². The fourth-order valence-electron chi connectivity index (χ4n) is 1.75. The van der Waals surface area contributed by atoms with Crippen molar-refractivity contribution >= 4 is 5.97 Å². The number of hydrogen-bond donors (Lipinski definition) is 0. The van der Waals surface area contributed by atoms with Gasteiger partial charge in [0.15, 0.2) is 0 Å². The molecule has 0 fully saturated rings. The van der Waals surface area contributed by atoms with Crippen LogP contribution in [0.4, 0.5) is 0 Å². The molecule has 2 aromatic rings. The molecule has 17 heavy (non-hydrogen) atoms. The Kier molecular flexibility index (Phi) is 3.55. The quantitative estimate of drug-likeness (QED) is 0.753. The van der Waals surface area contributed by atoms with Crippen LogP contribution in [0.3, 0.4) is 0 Å². The maximum Gasteiger partial charge on any atom is 0.314 e. The minimum atomic E-state index is -0.296. The molecule has 4 nitrogen and oxygen atoms in total. The summed E-state index contributed by atoms with van der Waals surface area (Å²) in [5, 5.41) is 0. The number of imidazole rings is 1. The third kappa shape index (κ3) is 2.72. The first-order chi connectivity index (χ1) is 8.31. The van der Waals surface area contributed by atoms with E-state index >= 15 is 0 Å². The molecule has 0 saturated heterocycles. The van der Waals surface area contributed by atoms with Crippen molar-refractivity contribution in [2.45, 2.75) is 12.5 Å². The van der Waals surface area contributed by atoms with Gasteiger partial charge in [0.05, 0.1) is 19.4 Å². The predicted octanol–water partition coefficient (Wildman–Crippen LogP) is 1.84. The van der Waals surface area contributed by atoms with Crippen molar-refractivity contribution in [2.24, 2.45) is 0 Å². The van der Waals surface area contributed by atoms with Crippen molar-refractivity contribution in [3.05, 3.63) is 54.6 Å². The molecule has 0 aliphatic heterocycles. The molecule has 4 heteroatoms. The molecule has 0 aliphatic carbocycles. The van der Waals surface area contributed by atoms with Gasteiger partial charge in [-0.15, -0.1) is 0 Å². The Labute approximate surface area is 99.9 Å². The van der Waals surface area contributed by atoms with Crippen LogP contribution in [-0.2, 0) is 16.1 Å². The highest BCUT2D eigenvalue weighted by molar-refractivity contribution is 5.77. The molecule has 1 heterocycles. The molecule has 1 atom stereocenters. The van der Waals surface area contributed by atoms with E-state index in [4.69, 9.17) is 4.74 Å². The van der Waals surface area contributed by atoms with Gasteiger partial charge in [-0.3, -0.25) is 4.79 Å². The smallest absolute Gasteiger partial charge is 0.314 e. The number of aromatic nitrogens is 2. The largest absolute Gasteiger partial charge is 0.468 e. The highest BCUT2D eigenvalue weighted by atomic mass is 16.5. The molecular weight excluding hydrogens is 216 g/mol. The first-order valence-electron chi connectivity index (χ1n) is 5.40. The lowest BCUT2D eigenvalue weighted by molar-refractivity contribution is -0.142. The summed E-state index contributed by atoms with van der Waals surface area (Å²) >= 11 is 0. The van der Waals surface area contributed by atoms with E-state index in [1.165, 1.54) is 7.11 Å². The highest BCUT2D eigenvalue weighted by Crippen LogP contribution is 2.19. The van der Waals surface area contributed by atoms with Gasteiger partial charge in [0.25, 0.3) is 0 Å². The molecule has 2 rings (SSSR count). The van der Waals surface area contributed by atoms with E-state index in [1.807, 2.05) is 41.1 Å². The minimum absolute atomic E-state index is 0.232. The normalized spacial score (nSPS) is 12.1. The van der Waals surface area contributed by atoms with E-state index in [0.29, 0.717) is 6.54 Å². The van der Waals surface area contributed by atoms with Gasteiger partial charge in [0.1, 0.15) is 0 Å². The Morgan fingerprint density at radius 1 is 1.41 bits per heavy atom. The topological polar surface area (TPSA) is 44.1 Å². The van der Waals surface area contributed by atoms with Crippen LogP contribution < -0.4 is 0 Å². The number of nitrogens with zero attached hydrogens (tertiary/aromatic N) is 2. The summed E-state index contributed by atoms with van der Waals surface area (Å²) in [4.78, 5) is 15.7. The Morgan fingerprint density at radius 3 is 2.76 bits per heavy atom. The molecule has 0 radical (unpaired) electrons. The maximum atomic E-state index is 11.8. The van der Waals surface area contributed by atoms with Gasteiger partial charge < -0.3 is 9.30 Å². The van der Waals surface area contributed by atoms with Crippen LogP contribution in [0.1, 0.15) is 11.5 Å². The highest BCUT2D eigenvalue weighted by Gasteiger charge is 2.21. The fourth-order valence-corrected chi connectivity index (χ4v) is 1.75. The minimum Gasteiger partial charge on any atom is -0.468 e. The van der Waals surface area contributed by atoms with E-state index in [1.54, 1.807) is 12.5 Å². The summed E-state index contributed by atoms with van der Waals surface area (Å²) in [5.74, 6) is -0.528. The summed E-state index contributed by atoms with van der Waals surface area (Å²) in [6.07, 6.45) is 5.22. The molecular formula is C13H14N2O2. The third-order valence-electron chi connectivity index (χ3n) is 2.64. The predicted molar refractivity (Wildman–Crippen MR) is 63.4 cm³/mol. The first kappa shape index (κ1) is 11.4. The monoisotopic (exact) mass is 230 g/mol. The van der Waals surface area contributed by atoms with Gasteiger partial charge in [0, 0.05) is 18.9 Å². The molecule has 1 aromatic heterocycles. The number of hydrogen-bond acceptors (Lipinski definition) is 3. The molecule has 0 bridgehead atoms. The van der Waals surface area contributed by atoms with Gasteiger partial charge in [0.2, 0.25) is 0 Å². The number of rotatable bonds is 4. The summed E-state index contributed by atoms with van der Waals surface area (Å²) in [5.41, 5.74) is 0.952.